The molecule has 0 saturated carbocycles. The molecule has 0 unspecified atom stereocenters. The Morgan fingerprint density at radius 1 is 1.20 bits per heavy atom. The van der Waals surface area contributed by atoms with E-state index in [0.717, 1.165) is 47.1 Å². The maximum atomic E-state index is 12.9. The molecule has 0 spiro atoms. The summed E-state index contributed by atoms with van der Waals surface area (Å²) in [4.78, 5) is 18.8. The Labute approximate surface area is 175 Å². The second-order valence-electron chi connectivity index (χ2n) is 8.07. The number of rotatable bonds is 4. The molecule has 2 aromatic heterocycles. The molecule has 0 aliphatic carbocycles. The molecular weight excluding hydrogens is 374 g/mol. The molecule has 0 atom stereocenters. The summed E-state index contributed by atoms with van der Waals surface area (Å²) in [6, 6.07) is 14.1. The van der Waals surface area contributed by atoms with E-state index >= 15 is 0 Å². The fourth-order valence-corrected chi connectivity index (χ4v) is 4.28. The van der Waals surface area contributed by atoms with Gasteiger partial charge in [0.05, 0.1) is 6.20 Å². The minimum absolute atomic E-state index is 0.0583. The van der Waals surface area contributed by atoms with E-state index in [1.54, 1.807) is 4.68 Å². The highest BCUT2D eigenvalue weighted by Crippen LogP contribution is 2.28. The van der Waals surface area contributed by atoms with Gasteiger partial charge in [-0.25, -0.2) is 0 Å². The number of hydrogen-bond donors (Lipinski definition) is 2. The Hall–Kier alpha value is -3.38. The molecule has 2 aromatic carbocycles. The molecule has 30 heavy (non-hydrogen) atoms. The third kappa shape index (κ3) is 3.39. The number of H-pyrrole nitrogens is 1. The van der Waals surface area contributed by atoms with Gasteiger partial charge in [-0.05, 0) is 41.9 Å². The van der Waals surface area contributed by atoms with Crippen molar-refractivity contribution in [2.45, 2.75) is 19.5 Å². The van der Waals surface area contributed by atoms with Gasteiger partial charge in [0.25, 0.3) is 5.91 Å². The van der Waals surface area contributed by atoms with E-state index in [1.807, 2.05) is 55.8 Å². The molecule has 0 bridgehead atoms. The molecule has 1 aliphatic rings. The average Bonchev–Trinajstić information content (AvgIpc) is 3.35. The lowest BCUT2D eigenvalue weighted by Gasteiger charge is -2.22. The van der Waals surface area contributed by atoms with Crippen LogP contribution in [0.4, 0.5) is 0 Å². The predicted octanol–water partition coefficient (Wildman–Crippen LogP) is 3.49. The van der Waals surface area contributed by atoms with Crippen molar-refractivity contribution in [3.63, 3.8) is 0 Å². The number of carbonyl (C=O) groups excluding carboxylic acids is 1. The molecule has 0 saturated heterocycles. The van der Waals surface area contributed by atoms with Gasteiger partial charge >= 0.3 is 0 Å². The summed E-state index contributed by atoms with van der Waals surface area (Å²) in [6.45, 7) is 2.44. The van der Waals surface area contributed by atoms with Crippen molar-refractivity contribution in [3.05, 3.63) is 77.2 Å². The van der Waals surface area contributed by atoms with Gasteiger partial charge in [-0.1, -0.05) is 24.3 Å². The number of nitrogens with one attached hydrogen (secondary N) is 2. The Bertz CT molecular complexity index is 1240. The molecule has 6 heteroatoms. The first-order valence-corrected chi connectivity index (χ1v) is 10.3. The molecule has 6 nitrogen and oxygen atoms in total. The number of carbonyl (C=O) groups is 1. The third-order valence-electron chi connectivity index (χ3n) is 5.90. The number of aryl methyl sites for hydroxylation is 1. The number of nitrogens with zero attached hydrogens (tertiary/aromatic N) is 3. The van der Waals surface area contributed by atoms with Gasteiger partial charge in [0.2, 0.25) is 0 Å². The Kier molecular flexibility index (Phi) is 4.64. The van der Waals surface area contributed by atoms with Crippen LogP contribution < -0.4 is 5.32 Å². The smallest absolute Gasteiger partial charge is 0.251 e. The van der Waals surface area contributed by atoms with Crippen molar-refractivity contribution >= 4 is 16.8 Å². The zero-order chi connectivity index (χ0) is 20.7. The maximum absolute atomic E-state index is 12.9. The van der Waals surface area contributed by atoms with E-state index in [2.05, 4.69) is 33.4 Å². The topological polar surface area (TPSA) is 66.0 Å². The van der Waals surface area contributed by atoms with Crippen molar-refractivity contribution in [1.29, 1.82) is 0 Å². The van der Waals surface area contributed by atoms with Crippen molar-refractivity contribution in [2.24, 2.45) is 7.05 Å². The summed E-state index contributed by atoms with van der Waals surface area (Å²) in [5, 5.41) is 8.51. The standard InChI is InChI=1S/C24H25N5O/c1-28-10-9-23-21(15-28)20-11-16(7-8-22(20)27-23)24(30)25-12-17-5-3-4-6-19(17)18-13-26-29(2)14-18/h3-8,11,13-14,27H,9-10,12,15H2,1-2H3,(H,25,30). The summed E-state index contributed by atoms with van der Waals surface area (Å²) in [5.41, 5.74) is 7.61. The summed E-state index contributed by atoms with van der Waals surface area (Å²) in [5.74, 6) is -0.0583. The van der Waals surface area contributed by atoms with Crippen LogP contribution in [0.15, 0.2) is 54.9 Å². The second-order valence-corrected chi connectivity index (χ2v) is 8.07. The SMILES string of the molecule is CN1CCc2[nH]c3ccc(C(=O)NCc4ccccc4-c4cnn(C)c4)cc3c2C1. The molecular formula is C24H25N5O. The van der Waals surface area contributed by atoms with Crippen LogP contribution in [0, 0.1) is 0 Å². The van der Waals surface area contributed by atoms with Crippen LogP contribution in [-0.2, 0) is 26.6 Å². The van der Waals surface area contributed by atoms with E-state index in [9.17, 15) is 4.79 Å². The van der Waals surface area contributed by atoms with Crippen molar-refractivity contribution < 1.29 is 4.79 Å². The largest absolute Gasteiger partial charge is 0.358 e. The van der Waals surface area contributed by atoms with Crippen LogP contribution in [0.5, 0.6) is 0 Å². The normalized spacial score (nSPS) is 14.1. The minimum Gasteiger partial charge on any atom is -0.358 e. The molecule has 3 heterocycles. The molecule has 2 N–H and O–H groups in total. The monoisotopic (exact) mass is 399 g/mol. The number of fused-ring (bicyclic) bond motifs is 3. The van der Waals surface area contributed by atoms with Gasteiger partial charge in [-0.15, -0.1) is 0 Å². The zero-order valence-electron chi connectivity index (χ0n) is 17.3. The van der Waals surface area contributed by atoms with Crippen LogP contribution in [0.2, 0.25) is 0 Å². The number of aromatic nitrogens is 3. The highest BCUT2D eigenvalue weighted by atomic mass is 16.1. The molecule has 4 aromatic rings. The Morgan fingerprint density at radius 2 is 2.07 bits per heavy atom. The summed E-state index contributed by atoms with van der Waals surface area (Å²) >= 11 is 0. The predicted molar refractivity (Wildman–Crippen MR) is 118 cm³/mol. The third-order valence-corrected chi connectivity index (χ3v) is 5.90. The van der Waals surface area contributed by atoms with E-state index < -0.39 is 0 Å². The van der Waals surface area contributed by atoms with E-state index in [1.165, 1.54) is 11.3 Å². The van der Waals surface area contributed by atoms with Gasteiger partial charge in [-0.3, -0.25) is 9.48 Å². The lowest BCUT2D eigenvalue weighted by Crippen LogP contribution is -2.26. The highest BCUT2D eigenvalue weighted by molar-refractivity contribution is 5.99. The lowest BCUT2D eigenvalue weighted by molar-refractivity contribution is 0.0951. The van der Waals surface area contributed by atoms with Crippen molar-refractivity contribution in [1.82, 2.24) is 25.0 Å². The lowest BCUT2D eigenvalue weighted by atomic mass is 10.0. The van der Waals surface area contributed by atoms with E-state index in [0.29, 0.717) is 12.1 Å². The highest BCUT2D eigenvalue weighted by Gasteiger charge is 2.19. The van der Waals surface area contributed by atoms with E-state index in [-0.39, 0.29) is 5.91 Å². The summed E-state index contributed by atoms with van der Waals surface area (Å²) in [6.07, 6.45) is 4.86. The first-order valence-electron chi connectivity index (χ1n) is 10.3. The molecule has 152 valence electrons. The first kappa shape index (κ1) is 18.6. The van der Waals surface area contributed by atoms with Crippen LogP contribution in [0.3, 0.4) is 0 Å². The molecule has 0 radical (unpaired) electrons. The van der Waals surface area contributed by atoms with Crippen LogP contribution in [-0.4, -0.2) is 39.2 Å². The van der Waals surface area contributed by atoms with Crippen molar-refractivity contribution in [3.8, 4) is 11.1 Å². The fourth-order valence-electron chi connectivity index (χ4n) is 4.28. The van der Waals surface area contributed by atoms with Gasteiger partial charge < -0.3 is 15.2 Å². The summed E-state index contributed by atoms with van der Waals surface area (Å²) < 4.78 is 1.79. The number of aromatic amines is 1. The van der Waals surface area contributed by atoms with E-state index in [4.69, 9.17) is 0 Å². The van der Waals surface area contributed by atoms with Crippen molar-refractivity contribution in [2.75, 3.05) is 13.6 Å². The molecule has 1 amide bonds. The number of amides is 1. The number of likely N-dealkylation sites (N-methyl/N-ethyl adjacent to an activating group) is 1. The van der Waals surface area contributed by atoms with Crippen LogP contribution in [0.1, 0.15) is 27.2 Å². The van der Waals surface area contributed by atoms with Gasteiger partial charge in [0.1, 0.15) is 0 Å². The first-order chi connectivity index (χ1) is 14.6. The fraction of sp³-hybridized carbons (Fsp3) is 0.250. The molecule has 5 rings (SSSR count). The zero-order valence-corrected chi connectivity index (χ0v) is 17.3. The number of hydrogen-bond acceptors (Lipinski definition) is 3. The number of benzene rings is 2. The second kappa shape index (κ2) is 7.46. The molecule has 1 aliphatic heterocycles. The van der Waals surface area contributed by atoms with Crippen LogP contribution >= 0.6 is 0 Å². The average molecular weight is 399 g/mol. The maximum Gasteiger partial charge on any atom is 0.251 e. The van der Waals surface area contributed by atoms with Gasteiger partial charge in [0.15, 0.2) is 0 Å². The van der Waals surface area contributed by atoms with Crippen LogP contribution in [0.25, 0.3) is 22.0 Å². The Morgan fingerprint density at radius 3 is 2.90 bits per heavy atom. The molecule has 0 fully saturated rings. The summed E-state index contributed by atoms with van der Waals surface area (Å²) in [7, 11) is 4.04. The quantitative estimate of drug-likeness (QED) is 0.552. The van der Waals surface area contributed by atoms with Gasteiger partial charge in [0, 0.05) is 67.0 Å². The Balaban J connectivity index is 1.38. The van der Waals surface area contributed by atoms with Gasteiger partial charge in [-0.2, -0.15) is 5.10 Å². The minimum atomic E-state index is -0.0583.